The van der Waals surface area contributed by atoms with E-state index >= 15 is 0 Å². The predicted molar refractivity (Wildman–Crippen MR) is 72.7 cm³/mol. The summed E-state index contributed by atoms with van der Waals surface area (Å²) in [6, 6.07) is 9.69. The van der Waals surface area contributed by atoms with Gasteiger partial charge in [0.25, 0.3) is 0 Å². The quantitative estimate of drug-likeness (QED) is 0.759. The largest absolute Gasteiger partial charge is 0.416 e. The van der Waals surface area contributed by atoms with Crippen molar-refractivity contribution < 1.29 is 4.42 Å². The maximum atomic E-state index is 5.65. The smallest absolute Gasteiger partial charge is 0.248 e. The maximum absolute atomic E-state index is 5.65. The summed E-state index contributed by atoms with van der Waals surface area (Å²) < 4.78 is 5.65. The number of rotatable bonds is 4. The second-order valence-corrected chi connectivity index (χ2v) is 3.64. The van der Waals surface area contributed by atoms with Crippen LogP contribution in [0.4, 0.5) is 0 Å². The van der Waals surface area contributed by atoms with E-state index in [-0.39, 0.29) is 0 Å². The van der Waals surface area contributed by atoms with E-state index in [4.69, 9.17) is 4.42 Å². The molecular formula is C15H14N2O. The number of nitrogens with zero attached hydrogens (tertiary/aromatic N) is 2. The molecule has 3 heteroatoms. The fourth-order valence-electron chi connectivity index (χ4n) is 1.54. The zero-order chi connectivity index (χ0) is 12.8. The third-order valence-corrected chi connectivity index (χ3v) is 2.34. The molecular weight excluding hydrogens is 224 g/mol. The van der Waals surface area contributed by atoms with Gasteiger partial charge in [0.2, 0.25) is 11.8 Å². The van der Waals surface area contributed by atoms with E-state index in [0.29, 0.717) is 11.8 Å². The summed E-state index contributed by atoms with van der Waals surface area (Å²) >= 11 is 0. The highest BCUT2D eigenvalue weighted by molar-refractivity contribution is 5.70. The molecule has 0 N–H and O–H groups in total. The Bertz CT molecular complexity index is 580. The van der Waals surface area contributed by atoms with Crippen LogP contribution in [0.1, 0.15) is 12.8 Å². The molecule has 0 amide bonds. The van der Waals surface area contributed by atoms with E-state index in [1.54, 1.807) is 6.08 Å². The van der Waals surface area contributed by atoms with Gasteiger partial charge in [-0.3, -0.25) is 0 Å². The van der Waals surface area contributed by atoms with Gasteiger partial charge in [0.1, 0.15) is 0 Å². The molecule has 0 fully saturated rings. The Labute approximate surface area is 106 Å². The van der Waals surface area contributed by atoms with Crippen molar-refractivity contribution in [1.82, 2.24) is 10.2 Å². The lowest BCUT2D eigenvalue weighted by Gasteiger charge is -1.94. The summed E-state index contributed by atoms with van der Waals surface area (Å²) in [5.74, 6) is 1.01. The lowest BCUT2D eigenvalue weighted by molar-refractivity contribution is 0.554. The van der Waals surface area contributed by atoms with Crippen molar-refractivity contribution in [3.8, 4) is 11.5 Å². The summed E-state index contributed by atoms with van der Waals surface area (Å²) in [5, 5.41) is 8.09. The highest BCUT2D eigenvalue weighted by Crippen LogP contribution is 2.21. The minimum atomic E-state index is 0.492. The Morgan fingerprint density at radius 1 is 1.22 bits per heavy atom. The molecule has 90 valence electrons. The Balaban J connectivity index is 2.36. The van der Waals surface area contributed by atoms with Gasteiger partial charge in [-0.2, -0.15) is 0 Å². The zero-order valence-electron chi connectivity index (χ0n) is 10.2. The molecule has 0 atom stereocenters. The molecule has 0 saturated carbocycles. The van der Waals surface area contributed by atoms with Gasteiger partial charge in [-0.15, -0.1) is 10.2 Å². The molecule has 2 rings (SSSR count). The van der Waals surface area contributed by atoms with Gasteiger partial charge in [-0.25, -0.2) is 0 Å². The van der Waals surface area contributed by atoms with Crippen LogP contribution in [-0.4, -0.2) is 10.2 Å². The van der Waals surface area contributed by atoms with E-state index in [2.05, 4.69) is 16.8 Å². The fourth-order valence-corrected chi connectivity index (χ4v) is 1.54. The van der Waals surface area contributed by atoms with Crippen LogP contribution >= 0.6 is 0 Å². The van der Waals surface area contributed by atoms with Gasteiger partial charge in [0.05, 0.1) is 0 Å². The lowest BCUT2D eigenvalue weighted by Crippen LogP contribution is -1.80. The average molecular weight is 238 g/mol. The second kappa shape index (κ2) is 5.77. The molecule has 0 unspecified atom stereocenters. The SMILES string of the molecule is C=C/C=C(\C=C/C)c1nnc(-c2ccccc2)o1. The van der Waals surface area contributed by atoms with Crippen LogP contribution in [0, 0.1) is 0 Å². The molecule has 0 aliphatic carbocycles. The molecule has 0 radical (unpaired) electrons. The van der Waals surface area contributed by atoms with Crippen molar-refractivity contribution in [3.05, 3.63) is 67.1 Å². The third kappa shape index (κ3) is 2.63. The molecule has 1 aromatic heterocycles. The molecule has 1 heterocycles. The van der Waals surface area contributed by atoms with Crippen LogP contribution in [0.25, 0.3) is 17.0 Å². The van der Waals surface area contributed by atoms with Crippen molar-refractivity contribution in [2.45, 2.75) is 6.92 Å². The molecule has 0 saturated heterocycles. The van der Waals surface area contributed by atoms with Crippen LogP contribution in [0.5, 0.6) is 0 Å². The Kier molecular flexibility index (Phi) is 3.86. The van der Waals surface area contributed by atoms with Gasteiger partial charge in [0, 0.05) is 11.1 Å². The molecule has 2 aromatic rings. The number of hydrogen-bond acceptors (Lipinski definition) is 3. The summed E-state index contributed by atoms with van der Waals surface area (Å²) in [4.78, 5) is 0. The fraction of sp³-hybridized carbons (Fsp3) is 0.0667. The first-order valence-electron chi connectivity index (χ1n) is 5.70. The van der Waals surface area contributed by atoms with Crippen molar-refractivity contribution in [2.24, 2.45) is 0 Å². The van der Waals surface area contributed by atoms with Crippen LogP contribution in [-0.2, 0) is 0 Å². The first-order valence-corrected chi connectivity index (χ1v) is 5.70. The maximum Gasteiger partial charge on any atom is 0.248 e. The van der Waals surface area contributed by atoms with E-state index in [9.17, 15) is 0 Å². The zero-order valence-corrected chi connectivity index (χ0v) is 10.2. The molecule has 0 spiro atoms. The number of aromatic nitrogens is 2. The first kappa shape index (κ1) is 12.0. The average Bonchev–Trinajstić information content (AvgIpc) is 2.89. The molecule has 1 aromatic carbocycles. The Morgan fingerprint density at radius 2 is 2.00 bits per heavy atom. The van der Waals surface area contributed by atoms with Gasteiger partial charge in [-0.05, 0) is 19.1 Å². The summed E-state index contributed by atoms with van der Waals surface area (Å²) in [6.45, 7) is 5.61. The van der Waals surface area contributed by atoms with E-state index in [1.165, 1.54) is 0 Å². The Hall–Kier alpha value is -2.42. The normalized spacial score (nSPS) is 11.9. The monoisotopic (exact) mass is 238 g/mol. The van der Waals surface area contributed by atoms with E-state index < -0.39 is 0 Å². The summed E-state index contributed by atoms with van der Waals surface area (Å²) in [6.07, 6.45) is 7.36. The molecule has 3 nitrogen and oxygen atoms in total. The number of benzene rings is 1. The van der Waals surface area contributed by atoms with Gasteiger partial charge < -0.3 is 4.42 Å². The third-order valence-electron chi connectivity index (χ3n) is 2.34. The van der Waals surface area contributed by atoms with E-state index in [1.807, 2.05) is 55.5 Å². The minimum absolute atomic E-state index is 0.492. The number of hydrogen-bond donors (Lipinski definition) is 0. The first-order chi connectivity index (χ1) is 8.85. The molecule has 18 heavy (non-hydrogen) atoms. The van der Waals surface area contributed by atoms with Crippen molar-refractivity contribution in [1.29, 1.82) is 0 Å². The minimum Gasteiger partial charge on any atom is -0.416 e. The molecule has 0 aliphatic rings. The van der Waals surface area contributed by atoms with Crippen LogP contribution in [0.2, 0.25) is 0 Å². The van der Waals surface area contributed by atoms with Gasteiger partial charge >= 0.3 is 0 Å². The second-order valence-electron chi connectivity index (χ2n) is 3.64. The summed E-state index contributed by atoms with van der Waals surface area (Å²) in [5.41, 5.74) is 1.76. The standard InChI is InChI=1S/C15H14N2O/c1-3-8-12(9-4-2)14-16-17-15(18-14)13-10-6-5-7-11-13/h3-11H,1H2,2H3/b9-4-,12-8+. The van der Waals surface area contributed by atoms with Crippen molar-refractivity contribution >= 4 is 5.57 Å². The predicted octanol–water partition coefficient (Wildman–Crippen LogP) is 3.88. The topological polar surface area (TPSA) is 38.9 Å². The van der Waals surface area contributed by atoms with Crippen LogP contribution in [0.3, 0.4) is 0 Å². The van der Waals surface area contributed by atoms with Gasteiger partial charge in [0.15, 0.2) is 0 Å². The van der Waals surface area contributed by atoms with Gasteiger partial charge in [-0.1, -0.05) is 49.1 Å². The van der Waals surface area contributed by atoms with Crippen molar-refractivity contribution in [2.75, 3.05) is 0 Å². The van der Waals surface area contributed by atoms with Crippen LogP contribution < -0.4 is 0 Å². The Morgan fingerprint density at radius 3 is 2.67 bits per heavy atom. The van der Waals surface area contributed by atoms with Crippen molar-refractivity contribution in [3.63, 3.8) is 0 Å². The van der Waals surface area contributed by atoms with E-state index in [0.717, 1.165) is 11.1 Å². The summed E-state index contributed by atoms with van der Waals surface area (Å²) in [7, 11) is 0. The number of allylic oxidation sites excluding steroid dienone is 5. The molecule has 0 aliphatic heterocycles. The highest BCUT2D eigenvalue weighted by atomic mass is 16.4. The van der Waals surface area contributed by atoms with Crippen LogP contribution in [0.15, 0.2) is 65.6 Å². The highest BCUT2D eigenvalue weighted by Gasteiger charge is 2.09. The lowest BCUT2D eigenvalue weighted by atomic mass is 10.2. The molecule has 0 bridgehead atoms.